The largest absolute Gasteiger partial charge is 0.352 e. The Morgan fingerprint density at radius 2 is 1.93 bits per heavy atom. The molecule has 0 fully saturated rings. The fourth-order valence-corrected chi connectivity index (χ4v) is 1.66. The predicted molar refractivity (Wildman–Crippen MR) is 61.4 cm³/mol. The van der Waals surface area contributed by atoms with Crippen LogP contribution >= 0.6 is 0 Å². The Hall–Kier alpha value is -1.16. The highest BCUT2D eigenvalue weighted by Crippen LogP contribution is 2.07. The summed E-state index contributed by atoms with van der Waals surface area (Å²) in [6, 6.07) is 6.83. The average Bonchev–Trinajstić information content (AvgIpc) is 2.26. The molecular formula is C11H15NO2S. The molecule has 1 N–H and O–H groups in total. The van der Waals surface area contributed by atoms with Crippen LogP contribution in [-0.4, -0.2) is 22.9 Å². The Balaban J connectivity index is 2.71. The molecule has 1 unspecified atom stereocenters. The van der Waals surface area contributed by atoms with Crippen molar-refractivity contribution in [3.8, 4) is 0 Å². The lowest BCUT2D eigenvalue weighted by Gasteiger charge is -2.03. The van der Waals surface area contributed by atoms with Crippen molar-refractivity contribution in [1.82, 2.24) is 5.32 Å². The number of rotatable bonds is 4. The monoisotopic (exact) mass is 225 g/mol. The summed E-state index contributed by atoms with van der Waals surface area (Å²) in [6.45, 7) is 2.68. The first-order valence-electron chi connectivity index (χ1n) is 4.87. The van der Waals surface area contributed by atoms with Crippen LogP contribution in [0.1, 0.15) is 23.7 Å². The van der Waals surface area contributed by atoms with Gasteiger partial charge >= 0.3 is 0 Å². The van der Waals surface area contributed by atoms with Crippen LogP contribution in [0.5, 0.6) is 0 Å². The van der Waals surface area contributed by atoms with Gasteiger partial charge < -0.3 is 5.32 Å². The van der Waals surface area contributed by atoms with E-state index in [2.05, 4.69) is 5.32 Å². The van der Waals surface area contributed by atoms with Crippen LogP contribution < -0.4 is 5.32 Å². The Morgan fingerprint density at radius 1 is 1.33 bits per heavy atom. The maximum atomic E-state index is 11.5. The first-order valence-corrected chi connectivity index (χ1v) is 6.42. The third-order valence-corrected chi connectivity index (χ3v) is 2.92. The number of carbonyl (C=O) groups excluding carboxylic acids is 1. The van der Waals surface area contributed by atoms with Crippen molar-refractivity contribution in [3.05, 3.63) is 29.8 Å². The van der Waals surface area contributed by atoms with E-state index < -0.39 is 10.8 Å². The SMILES string of the molecule is CCCNC(=O)c1ccc(S(C)=O)cc1. The molecule has 0 bridgehead atoms. The molecule has 0 saturated heterocycles. The molecule has 4 heteroatoms. The molecule has 0 aliphatic heterocycles. The summed E-state index contributed by atoms with van der Waals surface area (Å²) >= 11 is 0. The van der Waals surface area contributed by atoms with Gasteiger partial charge in [0.25, 0.3) is 5.91 Å². The molecule has 0 aliphatic rings. The minimum absolute atomic E-state index is 0.0784. The predicted octanol–water partition coefficient (Wildman–Crippen LogP) is 1.56. The Bertz CT molecular complexity index is 359. The van der Waals surface area contributed by atoms with Crippen LogP contribution in [-0.2, 0) is 10.8 Å². The molecule has 1 rings (SSSR count). The van der Waals surface area contributed by atoms with Crippen molar-refractivity contribution in [3.63, 3.8) is 0 Å². The molecular weight excluding hydrogens is 210 g/mol. The van der Waals surface area contributed by atoms with E-state index >= 15 is 0 Å². The highest BCUT2D eigenvalue weighted by molar-refractivity contribution is 7.84. The van der Waals surface area contributed by atoms with Crippen LogP contribution in [0.25, 0.3) is 0 Å². The molecule has 82 valence electrons. The quantitative estimate of drug-likeness (QED) is 0.845. The van der Waals surface area contributed by atoms with Gasteiger partial charge in [0.15, 0.2) is 0 Å². The topological polar surface area (TPSA) is 46.2 Å². The zero-order valence-corrected chi connectivity index (χ0v) is 9.76. The van der Waals surface area contributed by atoms with Crippen molar-refractivity contribution in [2.75, 3.05) is 12.8 Å². The van der Waals surface area contributed by atoms with Gasteiger partial charge in [0, 0.05) is 34.1 Å². The van der Waals surface area contributed by atoms with E-state index in [1.165, 1.54) is 0 Å². The highest BCUT2D eigenvalue weighted by atomic mass is 32.2. The molecule has 1 aromatic carbocycles. The standard InChI is InChI=1S/C11H15NO2S/c1-3-8-12-11(13)9-4-6-10(7-5-9)15(2)14/h4-7H,3,8H2,1-2H3,(H,12,13). The van der Waals surface area contributed by atoms with Crippen molar-refractivity contribution < 1.29 is 9.00 Å². The maximum Gasteiger partial charge on any atom is 0.251 e. The fourth-order valence-electron chi connectivity index (χ4n) is 1.14. The van der Waals surface area contributed by atoms with E-state index in [9.17, 15) is 9.00 Å². The molecule has 1 amide bonds. The molecule has 3 nitrogen and oxygen atoms in total. The summed E-state index contributed by atoms with van der Waals surface area (Å²) in [5.74, 6) is -0.0784. The lowest BCUT2D eigenvalue weighted by molar-refractivity contribution is 0.0953. The second-order valence-electron chi connectivity index (χ2n) is 3.23. The zero-order valence-electron chi connectivity index (χ0n) is 8.95. The lowest BCUT2D eigenvalue weighted by atomic mass is 10.2. The number of nitrogens with one attached hydrogen (secondary N) is 1. The molecule has 0 aromatic heterocycles. The van der Waals surface area contributed by atoms with Crippen LogP contribution in [0.3, 0.4) is 0 Å². The van der Waals surface area contributed by atoms with E-state index in [0.717, 1.165) is 11.3 Å². The van der Waals surface area contributed by atoms with Crippen molar-refractivity contribution >= 4 is 16.7 Å². The Kier molecular flexibility index (Phi) is 4.49. The number of benzene rings is 1. The smallest absolute Gasteiger partial charge is 0.251 e. The van der Waals surface area contributed by atoms with Gasteiger partial charge in [-0.05, 0) is 30.7 Å². The molecule has 0 aliphatic carbocycles. The van der Waals surface area contributed by atoms with Gasteiger partial charge in [-0.2, -0.15) is 0 Å². The number of hydrogen-bond donors (Lipinski definition) is 1. The van der Waals surface area contributed by atoms with Gasteiger partial charge in [0.1, 0.15) is 0 Å². The number of amides is 1. The molecule has 0 radical (unpaired) electrons. The summed E-state index contributed by atoms with van der Waals surface area (Å²) in [4.78, 5) is 12.2. The average molecular weight is 225 g/mol. The van der Waals surface area contributed by atoms with Gasteiger partial charge in [0.2, 0.25) is 0 Å². The summed E-state index contributed by atoms with van der Waals surface area (Å²) < 4.78 is 11.1. The first-order chi connectivity index (χ1) is 7.15. The molecule has 0 saturated carbocycles. The summed E-state index contributed by atoms with van der Waals surface area (Å²) in [5, 5.41) is 2.78. The van der Waals surface area contributed by atoms with E-state index in [1.807, 2.05) is 6.92 Å². The number of carbonyl (C=O) groups is 1. The van der Waals surface area contributed by atoms with Crippen LogP contribution in [0.15, 0.2) is 29.2 Å². The van der Waals surface area contributed by atoms with Crippen molar-refractivity contribution in [2.24, 2.45) is 0 Å². The van der Waals surface area contributed by atoms with Gasteiger partial charge in [-0.1, -0.05) is 6.92 Å². The van der Waals surface area contributed by atoms with Crippen molar-refractivity contribution in [1.29, 1.82) is 0 Å². The lowest BCUT2D eigenvalue weighted by Crippen LogP contribution is -2.23. The molecule has 0 spiro atoms. The molecule has 1 atom stereocenters. The second kappa shape index (κ2) is 5.66. The zero-order chi connectivity index (χ0) is 11.3. The first kappa shape index (κ1) is 11.9. The van der Waals surface area contributed by atoms with Crippen LogP contribution in [0.4, 0.5) is 0 Å². The van der Waals surface area contributed by atoms with Gasteiger partial charge in [-0.15, -0.1) is 0 Å². The fraction of sp³-hybridized carbons (Fsp3) is 0.364. The normalized spacial score (nSPS) is 12.1. The Labute approximate surface area is 92.3 Å². The van der Waals surface area contributed by atoms with E-state index in [0.29, 0.717) is 12.1 Å². The van der Waals surface area contributed by atoms with Gasteiger partial charge in [-0.25, -0.2) is 0 Å². The molecule has 0 heterocycles. The van der Waals surface area contributed by atoms with E-state index in [-0.39, 0.29) is 5.91 Å². The van der Waals surface area contributed by atoms with E-state index in [1.54, 1.807) is 30.5 Å². The molecule has 15 heavy (non-hydrogen) atoms. The summed E-state index contributed by atoms with van der Waals surface area (Å²) in [5.41, 5.74) is 0.609. The molecule has 1 aromatic rings. The minimum Gasteiger partial charge on any atom is -0.352 e. The van der Waals surface area contributed by atoms with Crippen molar-refractivity contribution in [2.45, 2.75) is 18.2 Å². The third kappa shape index (κ3) is 3.47. The summed E-state index contributed by atoms with van der Waals surface area (Å²) in [6.07, 6.45) is 2.54. The maximum absolute atomic E-state index is 11.5. The second-order valence-corrected chi connectivity index (χ2v) is 4.61. The Morgan fingerprint density at radius 3 is 2.40 bits per heavy atom. The van der Waals surface area contributed by atoms with E-state index in [4.69, 9.17) is 0 Å². The van der Waals surface area contributed by atoms with Crippen LogP contribution in [0.2, 0.25) is 0 Å². The third-order valence-electron chi connectivity index (χ3n) is 1.98. The highest BCUT2D eigenvalue weighted by Gasteiger charge is 2.04. The summed E-state index contributed by atoms with van der Waals surface area (Å²) in [7, 11) is -0.988. The van der Waals surface area contributed by atoms with Gasteiger partial charge in [0.05, 0.1) is 0 Å². The van der Waals surface area contributed by atoms with Crippen LogP contribution in [0, 0.1) is 0 Å². The minimum atomic E-state index is -0.988. The number of hydrogen-bond acceptors (Lipinski definition) is 2. The van der Waals surface area contributed by atoms with Gasteiger partial charge in [-0.3, -0.25) is 9.00 Å².